The molecular formula is C30H40F2N6O6Si. The Hall–Kier alpha value is -4.08. The van der Waals surface area contributed by atoms with Crippen molar-refractivity contribution < 1.29 is 37.4 Å². The lowest BCUT2D eigenvalue weighted by atomic mass is 9.89. The van der Waals surface area contributed by atoms with Crippen LogP contribution < -0.4 is 26.2 Å². The van der Waals surface area contributed by atoms with Crippen molar-refractivity contribution in [1.82, 2.24) is 25.7 Å². The molecule has 1 aromatic carbocycles. The van der Waals surface area contributed by atoms with Crippen LogP contribution in [0.1, 0.15) is 31.1 Å². The van der Waals surface area contributed by atoms with Gasteiger partial charge in [0.2, 0.25) is 5.91 Å². The number of carbonyl (C=O) groups excluding carboxylic acids is 3. The van der Waals surface area contributed by atoms with E-state index in [9.17, 15) is 14.4 Å². The molecule has 0 atom stereocenters. The second-order valence-electron chi connectivity index (χ2n) is 12.9. The Morgan fingerprint density at radius 2 is 1.82 bits per heavy atom. The third-order valence-corrected chi connectivity index (χ3v) is 8.76. The highest BCUT2D eigenvalue weighted by Crippen LogP contribution is 2.36. The van der Waals surface area contributed by atoms with E-state index in [4.69, 9.17) is 14.2 Å². The number of hydrogen-bond acceptors (Lipinski definition) is 7. The van der Waals surface area contributed by atoms with Crippen molar-refractivity contribution in [2.24, 2.45) is 11.3 Å². The number of rotatable bonds is 12. The van der Waals surface area contributed by atoms with E-state index in [1.165, 1.54) is 18.5 Å². The van der Waals surface area contributed by atoms with Crippen LogP contribution in [-0.4, -0.2) is 61.8 Å². The standard InChI is InChI=1S/C30H40F2N6O6Si/c1-18(2)27(39)36-37-28(40)20-13-38(17-42-9-10-45(4,5)6)26-24(20)23(7-8-33-26)44-25-21(31)11-19(12-22(25)32)35-29(41)34-14-30(3)15-43-16-30/h7-8,11-13,18H,9-10,14-17H2,1-6H3,(H,36,39)(H,37,40)(H2,34,35,41). The van der Waals surface area contributed by atoms with E-state index in [1.54, 1.807) is 18.4 Å². The first-order valence-electron chi connectivity index (χ1n) is 14.6. The fraction of sp³-hybridized carbons (Fsp3) is 0.467. The van der Waals surface area contributed by atoms with Gasteiger partial charge < -0.3 is 29.4 Å². The molecule has 3 aromatic rings. The summed E-state index contributed by atoms with van der Waals surface area (Å²) in [7, 11) is -1.36. The third kappa shape index (κ3) is 8.76. The Labute approximate surface area is 261 Å². The zero-order chi connectivity index (χ0) is 32.9. The van der Waals surface area contributed by atoms with Crippen molar-refractivity contribution in [2.45, 2.75) is 53.2 Å². The molecule has 4 amide bonds. The minimum Gasteiger partial charge on any atom is -0.450 e. The summed E-state index contributed by atoms with van der Waals surface area (Å²) in [5.41, 5.74) is 4.72. The second-order valence-corrected chi connectivity index (χ2v) is 18.6. The number of urea groups is 1. The SMILES string of the molecule is CC(C)C(=O)NNC(=O)c1cn(COCC[Si](C)(C)C)c2nccc(Oc3c(F)cc(NC(=O)NCC4(C)COC4)cc3F)c12. The highest BCUT2D eigenvalue weighted by molar-refractivity contribution is 6.76. The van der Waals surface area contributed by atoms with Gasteiger partial charge in [0.15, 0.2) is 17.4 Å². The van der Waals surface area contributed by atoms with E-state index in [1.807, 2.05) is 6.92 Å². The average molecular weight is 647 g/mol. The number of amides is 4. The van der Waals surface area contributed by atoms with Crippen LogP contribution in [0.15, 0.2) is 30.6 Å². The number of nitrogens with zero attached hydrogens (tertiary/aromatic N) is 2. The molecule has 244 valence electrons. The maximum absolute atomic E-state index is 15.2. The van der Waals surface area contributed by atoms with E-state index >= 15 is 8.78 Å². The summed E-state index contributed by atoms with van der Waals surface area (Å²) in [5.74, 6) is -4.46. The number of hydrogen-bond donors (Lipinski definition) is 4. The first kappa shape index (κ1) is 33.8. The molecule has 2 aromatic heterocycles. The summed E-state index contributed by atoms with van der Waals surface area (Å²) in [6.07, 6.45) is 2.85. The quantitative estimate of drug-likeness (QED) is 0.123. The molecule has 0 saturated carbocycles. The van der Waals surface area contributed by atoms with Gasteiger partial charge in [-0.2, -0.15) is 0 Å². The molecule has 0 spiro atoms. The van der Waals surface area contributed by atoms with Gasteiger partial charge in [0, 0.05) is 62.8 Å². The smallest absolute Gasteiger partial charge is 0.319 e. The lowest BCUT2D eigenvalue weighted by Gasteiger charge is -2.37. The number of nitrogens with one attached hydrogen (secondary N) is 4. The highest BCUT2D eigenvalue weighted by Gasteiger charge is 2.33. The number of fused-ring (bicyclic) bond motifs is 1. The van der Waals surface area contributed by atoms with Crippen molar-refractivity contribution >= 4 is 42.6 Å². The third-order valence-electron chi connectivity index (χ3n) is 7.06. The molecule has 15 heteroatoms. The number of benzene rings is 1. The molecule has 1 aliphatic rings. The molecule has 12 nitrogen and oxygen atoms in total. The van der Waals surface area contributed by atoms with E-state index in [0.29, 0.717) is 26.4 Å². The van der Waals surface area contributed by atoms with E-state index in [0.717, 1.165) is 18.2 Å². The van der Waals surface area contributed by atoms with Crippen LogP contribution in [0.2, 0.25) is 25.7 Å². The normalized spacial score (nSPS) is 14.2. The van der Waals surface area contributed by atoms with Crippen LogP contribution in [0, 0.1) is 23.0 Å². The molecule has 0 bridgehead atoms. The van der Waals surface area contributed by atoms with Crippen LogP contribution in [-0.2, 0) is 21.0 Å². The lowest BCUT2D eigenvalue weighted by Crippen LogP contribution is -2.49. The summed E-state index contributed by atoms with van der Waals surface area (Å²) in [5, 5.41) is 5.23. The Balaban J connectivity index is 1.59. The number of halogens is 2. The van der Waals surface area contributed by atoms with Crippen LogP contribution in [0.3, 0.4) is 0 Å². The minimum atomic E-state index is -1.36. The number of anilines is 1. The molecule has 45 heavy (non-hydrogen) atoms. The molecule has 4 rings (SSSR count). The zero-order valence-corrected chi connectivity index (χ0v) is 27.3. The summed E-state index contributed by atoms with van der Waals surface area (Å²) in [4.78, 5) is 42.0. The first-order chi connectivity index (χ1) is 21.2. The molecule has 1 aliphatic heterocycles. The topological polar surface area (TPSA) is 145 Å². The second kappa shape index (κ2) is 13.9. The minimum absolute atomic E-state index is 0.0345. The van der Waals surface area contributed by atoms with Gasteiger partial charge in [0.25, 0.3) is 5.91 Å². The molecule has 0 aliphatic carbocycles. The number of aromatic nitrogens is 2. The van der Waals surface area contributed by atoms with Crippen LogP contribution in [0.4, 0.5) is 19.3 Å². The van der Waals surface area contributed by atoms with Crippen molar-refractivity contribution in [3.8, 4) is 11.5 Å². The highest BCUT2D eigenvalue weighted by atomic mass is 28.3. The van der Waals surface area contributed by atoms with Gasteiger partial charge >= 0.3 is 6.03 Å². The van der Waals surface area contributed by atoms with E-state index in [-0.39, 0.29) is 46.1 Å². The molecule has 0 radical (unpaired) electrons. The maximum atomic E-state index is 15.2. The van der Waals surface area contributed by atoms with Crippen molar-refractivity contribution in [3.63, 3.8) is 0 Å². The van der Waals surface area contributed by atoms with Crippen molar-refractivity contribution in [2.75, 3.05) is 31.7 Å². The molecule has 1 fully saturated rings. The molecule has 4 N–H and O–H groups in total. The summed E-state index contributed by atoms with van der Waals surface area (Å²) in [6.45, 7) is 13.9. The van der Waals surface area contributed by atoms with Crippen molar-refractivity contribution in [1.29, 1.82) is 0 Å². The number of carbonyl (C=O) groups is 3. The summed E-state index contributed by atoms with van der Waals surface area (Å²) >= 11 is 0. The monoisotopic (exact) mass is 646 g/mol. The first-order valence-corrected chi connectivity index (χ1v) is 18.3. The molecule has 1 saturated heterocycles. The van der Waals surface area contributed by atoms with Gasteiger partial charge in [-0.3, -0.25) is 20.4 Å². The fourth-order valence-corrected chi connectivity index (χ4v) is 5.03. The Morgan fingerprint density at radius 3 is 2.42 bits per heavy atom. The summed E-state index contributed by atoms with van der Waals surface area (Å²) in [6, 6.07) is 3.52. The number of pyridine rings is 1. The number of hydrazine groups is 1. The van der Waals surface area contributed by atoms with Gasteiger partial charge in [0.1, 0.15) is 18.1 Å². The van der Waals surface area contributed by atoms with Crippen LogP contribution in [0.5, 0.6) is 11.5 Å². The van der Waals surface area contributed by atoms with Crippen LogP contribution in [0.25, 0.3) is 11.0 Å². The van der Waals surface area contributed by atoms with Gasteiger partial charge in [-0.1, -0.05) is 40.4 Å². The fourth-order valence-electron chi connectivity index (χ4n) is 4.27. The predicted molar refractivity (Wildman–Crippen MR) is 167 cm³/mol. The molecule has 0 unspecified atom stereocenters. The van der Waals surface area contributed by atoms with E-state index < -0.39 is 43.3 Å². The largest absolute Gasteiger partial charge is 0.450 e. The van der Waals surface area contributed by atoms with Crippen LogP contribution >= 0.6 is 0 Å². The molecule has 3 heterocycles. The average Bonchev–Trinajstić information content (AvgIpc) is 3.32. The molecular weight excluding hydrogens is 606 g/mol. The Bertz CT molecular complexity index is 1550. The zero-order valence-electron chi connectivity index (χ0n) is 26.3. The van der Waals surface area contributed by atoms with Crippen molar-refractivity contribution in [3.05, 3.63) is 47.8 Å². The predicted octanol–water partition coefficient (Wildman–Crippen LogP) is 4.99. The Kier molecular flexibility index (Phi) is 10.5. The van der Waals surface area contributed by atoms with Gasteiger partial charge in [-0.15, -0.1) is 0 Å². The maximum Gasteiger partial charge on any atom is 0.319 e. The van der Waals surface area contributed by atoms with Gasteiger partial charge in [-0.25, -0.2) is 18.6 Å². The van der Waals surface area contributed by atoms with Gasteiger partial charge in [-0.05, 0) is 12.1 Å². The number of ether oxygens (including phenoxy) is 3. The lowest BCUT2D eigenvalue weighted by molar-refractivity contribution is -0.124. The Morgan fingerprint density at radius 1 is 1.13 bits per heavy atom. The summed E-state index contributed by atoms with van der Waals surface area (Å²) < 4.78 is 48.8. The van der Waals surface area contributed by atoms with E-state index in [2.05, 4.69) is 46.1 Å². The van der Waals surface area contributed by atoms with Gasteiger partial charge in [0.05, 0.1) is 24.2 Å².